The van der Waals surface area contributed by atoms with Crippen molar-refractivity contribution in [3.63, 3.8) is 0 Å². The summed E-state index contributed by atoms with van der Waals surface area (Å²) in [6.07, 6.45) is 2.33. The molecule has 172 valence electrons. The van der Waals surface area contributed by atoms with Crippen molar-refractivity contribution < 1.29 is 31.8 Å². The van der Waals surface area contributed by atoms with E-state index in [-0.39, 0.29) is 23.4 Å². The molecule has 3 aromatic rings. The Morgan fingerprint density at radius 1 is 1.09 bits per heavy atom. The SMILES string of the molecule is O=C(O/C=C/CNc1cc(-c2ccccc2)c(F)cc1F)c1cc(Cl)c(O)c(S(=O)(=O)Cl)c1. The summed E-state index contributed by atoms with van der Waals surface area (Å²) in [5, 5.41) is 12.0. The lowest BCUT2D eigenvalue weighted by atomic mass is 10.0. The molecule has 0 aliphatic rings. The van der Waals surface area contributed by atoms with Crippen LogP contribution in [-0.2, 0) is 13.8 Å². The summed E-state index contributed by atoms with van der Waals surface area (Å²) in [5.74, 6) is -3.28. The van der Waals surface area contributed by atoms with E-state index in [4.69, 9.17) is 27.0 Å². The Morgan fingerprint density at radius 3 is 2.45 bits per heavy atom. The van der Waals surface area contributed by atoms with Crippen LogP contribution < -0.4 is 5.32 Å². The number of hydrogen-bond acceptors (Lipinski definition) is 6. The molecule has 0 atom stereocenters. The van der Waals surface area contributed by atoms with Crippen LogP contribution in [0.15, 0.2) is 71.8 Å². The minimum absolute atomic E-state index is 0.0156. The summed E-state index contributed by atoms with van der Waals surface area (Å²) in [5.41, 5.74) is 0.554. The molecule has 0 heterocycles. The van der Waals surface area contributed by atoms with Crippen LogP contribution in [0.25, 0.3) is 11.1 Å². The molecule has 0 spiro atoms. The number of anilines is 1. The lowest BCUT2D eigenvalue weighted by Crippen LogP contribution is -2.05. The highest BCUT2D eigenvalue weighted by molar-refractivity contribution is 8.13. The first-order chi connectivity index (χ1) is 15.6. The summed E-state index contributed by atoms with van der Waals surface area (Å²) in [6.45, 7) is 0.0156. The molecule has 3 rings (SSSR count). The van der Waals surface area contributed by atoms with E-state index < -0.39 is 42.3 Å². The predicted molar refractivity (Wildman–Crippen MR) is 121 cm³/mol. The fraction of sp³-hybridized carbons (Fsp3) is 0.0455. The minimum Gasteiger partial charge on any atom is -0.505 e. The highest BCUT2D eigenvalue weighted by Crippen LogP contribution is 2.34. The number of carbonyl (C=O) groups excluding carboxylic acids is 1. The summed E-state index contributed by atoms with van der Waals surface area (Å²) >= 11 is 5.73. The van der Waals surface area contributed by atoms with Gasteiger partial charge in [-0.25, -0.2) is 22.0 Å². The Kier molecular flexibility index (Phi) is 7.57. The fourth-order valence-electron chi connectivity index (χ4n) is 2.80. The maximum atomic E-state index is 14.2. The molecular formula is C22H15Cl2F2NO5S. The largest absolute Gasteiger partial charge is 0.505 e. The van der Waals surface area contributed by atoms with Crippen LogP contribution in [0.5, 0.6) is 5.75 Å². The number of aromatic hydroxyl groups is 1. The van der Waals surface area contributed by atoms with E-state index in [0.717, 1.165) is 24.5 Å². The van der Waals surface area contributed by atoms with Gasteiger partial charge >= 0.3 is 5.97 Å². The number of phenols is 1. The molecule has 0 bridgehead atoms. The van der Waals surface area contributed by atoms with Crippen LogP contribution in [0, 0.1) is 11.6 Å². The molecule has 0 saturated heterocycles. The minimum atomic E-state index is -4.36. The van der Waals surface area contributed by atoms with Crippen molar-refractivity contribution in [3.05, 3.63) is 89.2 Å². The summed E-state index contributed by atoms with van der Waals surface area (Å²) < 4.78 is 56.1. The maximum absolute atomic E-state index is 14.2. The van der Waals surface area contributed by atoms with Crippen molar-refractivity contribution in [3.8, 4) is 16.9 Å². The number of halogens is 4. The first-order valence-corrected chi connectivity index (χ1v) is 11.9. The number of ether oxygens (including phenoxy) is 1. The summed E-state index contributed by atoms with van der Waals surface area (Å²) in [7, 11) is 0.851. The van der Waals surface area contributed by atoms with Crippen molar-refractivity contribution in [2.75, 3.05) is 11.9 Å². The smallest absolute Gasteiger partial charge is 0.343 e. The zero-order valence-corrected chi connectivity index (χ0v) is 18.9. The van der Waals surface area contributed by atoms with Crippen LogP contribution in [0.2, 0.25) is 5.02 Å². The first kappa shape index (κ1) is 24.5. The molecule has 0 aliphatic heterocycles. The average Bonchev–Trinajstić information content (AvgIpc) is 2.76. The second-order valence-electron chi connectivity index (χ2n) is 6.58. The Balaban J connectivity index is 1.67. The predicted octanol–water partition coefficient (Wildman–Crippen LogP) is 5.70. The lowest BCUT2D eigenvalue weighted by Gasteiger charge is -2.10. The Morgan fingerprint density at radius 2 is 1.79 bits per heavy atom. The van der Waals surface area contributed by atoms with E-state index in [1.807, 2.05) is 0 Å². The third-order valence-corrected chi connectivity index (χ3v) is 5.97. The highest BCUT2D eigenvalue weighted by Gasteiger charge is 2.22. The molecule has 0 aliphatic carbocycles. The average molecular weight is 514 g/mol. The number of benzene rings is 3. The van der Waals surface area contributed by atoms with E-state index in [1.165, 1.54) is 12.1 Å². The van der Waals surface area contributed by atoms with Gasteiger partial charge in [0.2, 0.25) is 0 Å². The van der Waals surface area contributed by atoms with Gasteiger partial charge in [-0.1, -0.05) is 41.9 Å². The molecule has 0 fully saturated rings. The maximum Gasteiger partial charge on any atom is 0.343 e. The van der Waals surface area contributed by atoms with Crippen molar-refractivity contribution in [1.29, 1.82) is 0 Å². The first-order valence-electron chi connectivity index (χ1n) is 9.19. The van der Waals surface area contributed by atoms with E-state index in [9.17, 15) is 27.1 Å². The van der Waals surface area contributed by atoms with Crippen molar-refractivity contribution in [2.45, 2.75) is 4.90 Å². The summed E-state index contributed by atoms with van der Waals surface area (Å²) in [4.78, 5) is 11.4. The van der Waals surface area contributed by atoms with Gasteiger partial charge in [-0.15, -0.1) is 0 Å². The number of esters is 1. The molecule has 11 heteroatoms. The third-order valence-electron chi connectivity index (χ3n) is 4.35. The van der Waals surface area contributed by atoms with E-state index in [0.29, 0.717) is 5.56 Å². The topological polar surface area (TPSA) is 92.7 Å². The van der Waals surface area contributed by atoms with Crippen LogP contribution in [0.1, 0.15) is 10.4 Å². The quantitative estimate of drug-likeness (QED) is 0.239. The number of nitrogens with one attached hydrogen (secondary N) is 1. The van der Waals surface area contributed by atoms with Gasteiger partial charge in [0.15, 0.2) is 5.75 Å². The van der Waals surface area contributed by atoms with Gasteiger partial charge in [0, 0.05) is 28.9 Å². The highest BCUT2D eigenvalue weighted by atomic mass is 35.7. The molecule has 0 radical (unpaired) electrons. The van der Waals surface area contributed by atoms with Gasteiger partial charge < -0.3 is 15.2 Å². The summed E-state index contributed by atoms with van der Waals surface area (Å²) in [6, 6.07) is 12.5. The van der Waals surface area contributed by atoms with Crippen LogP contribution in [0.3, 0.4) is 0 Å². The van der Waals surface area contributed by atoms with Gasteiger partial charge in [0.05, 0.1) is 22.5 Å². The van der Waals surface area contributed by atoms with Gasteiger partial charge in [-0.3, -0.25) is 0 Å². The van der Waals surface area contributed by atoms with Gasteiger partial charge in [-0.05, 0) is 29.8 Å². The Hall–Kier alpha value is -3.14. The van der Waals surface area contributed by atoms with Crippen molar-refractivity contribution >= 4 is 43.0 Å². The molecule has 0 aromatic heterocycles. The molecule has 33 heavy (non-hydrogen) atoms. The zero-order valence-electron chi connectivity index (χ0n) is 16.6. The Labute approximate surface area is 197 Å². The molecule has 3 aromatic carbocycles. The van der Waals surface area contributed by atoms with Crippen molar-refractivity contribution in [2.24, 2.45) is 0 Å². The van der Waals surface area contributed by atoms with Crippen LogP contribution in [-0.4, -0.2) is 26.0 Å². The fourth-order valence-corrected chi connectivity index (χ4v) is 4.03. The van der Waals surface area contributed by atoms with Crippen molar-refractivity contribution in [1.82, 2.24) is 0 Å². The number of phenolic OH excluding ortho intramolecular Hbond substituents is 1. The van der Waals surface area contributed by atoms with E-state index in [2.05, 4.69) is 5.32 Å². The zero-order chi connectivity index (χ0) is 24.2. The van der Waals surface area contributed by atoms with E-state index >= 15 is 0 Å². The molecule has 6 nitrogen and oxygen atoms in total. The Bertz CT molecular complexity index is 1330. The van der Waals surface area contributed by atoms with Gasteiger partial charge in [-0.2, -0.15) is 0 Å². The number of rotatable bonds is 7. The second kappa shape index (κ2) is 10.2. The van der Waals surface area contributed by atoms with E-state index in [1.54, 1.807) is 30.3 Å². The molecular weight excluding hydrogens is 499 g/mol. The number of carbonyl (C=O) groups is 1. The normalized spacial score (nSPS) is 11.5. The van der Waals surface area contributed by atoms with Crippen LogP contribution >= 0.6 is 22.3 Å². The lowest BCUT2D eigenvalue weighted by molar-refractivity contribution is 0.0662. The third kappa shape index (κ3) is 6.01. The van der Waals surface area contributed by atoms with Crippen LogP contribution in [0.4, 0.5) is 14.5 Å². The second-order valence-corrected chi connectivity index (χ2v) is 9.52. The van der Waals surface area contributed by atoms with Gasteiger partial charge in [0.1, 0.15) is 16.5 Å². The van der Waals surface area contributed by atoms with Gasteiger partial charge in [0.25, 0.3) is 9.05 Å². The standard InChI is InChI=1S/C22H15Cl2F2NO5S/c23-16-9-14(10-20(21(16)28)33(24,30)31)22(29)32-8-4-7-27-19-11-15(17(25)12-18(19)26)13-5-2-1-3-6-13/h1-6,8-12,27-28H,7H2/b8-4+. The monoisotopic (exact) mass is 513 g/mol. The molecule has 0 unspecified atom stereocenters. The molecule has 0 saturated carbocycles. The number of hydrogen-bond donors (Lipinski definition) is 2. The molecule has 0 amide bonds. The molecule has 2 N–H and O–H groups in total.